The van der Waals surface area contributed by atoms with Crippen LogP contribution in [-0.4, -0.2) is 56.8 Å². The van der Waals surface area contributed by atoms with Crippen LogP contribution in [0.15, 0.2) is 10.2 Å². The minimum atomic E-state index is -0.242. The molecule has 0 fully saturated rings. The fraction of sp³-hybridized carbons (Fsp3) is 0.667. The topological polar surface area (TPSA) is 76.5 Å². The highest BCUT2D eigenvalue weighted by molar-refractivity contribution is 5.22. The van der Waals surface area contributed by atoms with Gasteiger partial charge < -0.3 is 0 Å². The van der Waals surface area contributed by atoms with Crippen molar-refractivity contribution in [3.05, 3.63) is 0 Å². The summed E-state index contributed by atoms with van der Waals surface area (Å²) >= 11 is 0. The Hall–Kier alpha value is -1.26. The number of rotatable bonds is 8. The summed E-state index contributed by atoms with van der Waals surface area (Å²) in [7, 11) is 6.66. The molecule has 0 amide bonds. The van der Waals surface area contributed by atoms with Crippen LogP contribution >= 0.6 is 0 Å². The quantitative estimate of drug-likeness (QED) is 0.260. The molecule has 0 aromatic rings. The van der Waals surface area contributed by atoms with E-state index in [0.29, 0.717) is 0 Å². The lowest BCUT2D eigenvalue weighted by molar-refractivity contribution is -1.20. The molecule has 0 bridgehead atoms. The summed E-state index contributed by atoms with van der Waals surface area (Å²) in [4.78, 5) is 4.64. The average molecular weight is 219 g/mol. The van der Waals surface area contributed by atoms with E-state index in [4.69, 9.17) is 4.94 Å². The summed E-state index contributed by atoms with van der Waals surface area (Å²) in [6.45, 7) is 6.83. The Balaban J connectivity index is 4.90. The molecule has 0 aliphatic rings. The second-order valence-corrected chi connectivity index (χ2v) is 2.48. The molecule has 0 unspecified atom stereocenters. The Morgan fingerprint density at radius 3 is 1.87 bits per heavy atom. The summed E-state index contributed by atoms with van der Waals surface area (Å²) in [6, 6.07) is 0. The third kappa shape index (κ3) is 2.84. The fourth-order valence-electron chi connectivity index (χ4n) is 0.933. The summed E-state index contributed by atoms with van der Waals surface area (Å²) in [5.74, 6) is 0. The lowest BCUT2D eigenvalue weighted by Gasteiger charge is -2.39. The number of hydrogen-bond donors (Lipinski definition) is 3. The zero-order valence-electron chi connectivity index (χ0n) is 9.56. The molecule has 0 aromatic carbocycles. The normalized spacial score (nSPS) is 10.9. The van der Waals surface area contributed by atoms with E-state index < -0.39 is 0 Å². The highest BCUT2D eigenvalue weighted by Gasteiger charge is 2.38. The molecule has 0 saturated heterocycles. The third-order valence-electron chi connectivity index (χ3n) is 1.83. The number of hydrogen-bond acceptors (Lipinski definition) is 8. The predicted octanol–water partition coefficient (Wildman–Crippen LogP) is -1.57. The molecule has 0 radical (unpaired) electrons. The van der Waals surface area contributed by atoms with E-state index in [9.17, 15) is 0 Å². The van der Waals surface area contributed by atoms with Crippen LogP contribution < -0.4 is 16.5 Å². The van der Waals surface area contributed by atoms with Crippen LogP contribution in [0, 0.1) is 0 Å². The lowest BCUT2D eigenvalue weighted by Crippen LogP contribution is -2.76. The van der Waals surface area contributed by atoms with Crippen LogP contribution in [-0.2, 0) is 4.94 Å². The maximum Gasteiger partial charge on any atom is 0.0846 e. The average Bonchev–Trinajstić information content (AvgIpc) is 2.29. The Morgan fingerprint density at radius 1 is 1.13 bits per heavy atom. The molecular weight excluding hydrogens is 200 g/mol. The van der Waals surface area contributed by atoms with Crippen molar-refractivity contribution in [2.24, 2.45) is 10.2 Å². The van der Waals surface area contributed by atoms with Gasteiger partial charge in [-0.15, -0.1) is 10.2 Å². The van der Waals surface area contributed by atoms with Gasteiger partial charge >= 0.3 is 0 Å². The first-order valence-corrected chi connectivity index (χ1v) is 4.18. The van der Waals surface area contributed by atoms with Gasteiger partial charge in [-0.1, -0.05) is 15.7 Å². The molecule has 0 aliphatic heterocycles. The summed E-state index contributed by atoms with van der Waals surface area (Å²) in [5, 5.41) is 10.4. The number of hydroxylamine groups is 1. The molecule has 88 valence electrons. The molecule has 0 saturated carbocycles. The van der Waals surface area contributed by atoms with Crippen molar-refractivity contribution in [2.75, 3.05) is 28.2 Å². The van der Waals surface area contributed by atoms with Gasteiger partial charge in [0.1, 0.15) is 0 Å². The van der Waals surface area contributed by atoms with Gasteiger partial charge in [0.05, 0.1) is 24.6 Å². The van der Waals surface area contributed by atoms with Crippen molar-refractivity contribution in [3.63, 3.8) is 0 Å². The first-order valence-electron chi connectivity index (χ1n) is 4.18. The first-order chi connectivity index (χ1) is 7.08. The van der Waals surface area contributed by atoms with Crippen molar-refractivity contribution < 1.29 is 9.86 Å². The van der Waals surface area contributed by atoms with Crippen LogP contribution in [0.4, 0.5) is 0 Å². The van der Waals surface area contributed by atoms with Crippen molar-refractivity contribution in [3.8, 4) is 0 Å². The Morgan fingerprint density at radius 2 is 1.60 bits per heavy atom. The second-order valence-electron chi connectivity index (χ2n) is 2.48. The molecule has 3 N–H and O–H groups in total. The van der Waals surface area contributed by atoms with Gasteiger partial charge in [-0.2, -0.15) is 10.4 Å². The smallest absolute Gasteiger partial charge is 0.0846 e. The van der Waals surface area contributed by atoms with Crippen LogP contribution in [0.25, 0.3) is 0 Å². The molecule has 0 aliphatic carbocycles. The largest absolute Gasteiger partial charge is 0.180 e. The molecule has 9 nitrogen and oxygen atoms in total. The monoisotopic (exact) mass is 219 g/mol. The standard InChI is InChI=1S/C6H19N8O/c1-7-12(5)14(9-3,11-15-10-4)13(6)8-2/h9-11H,1-2H2,3-6H3/q+1. The molecule has 0 atom stereocenters. The van der Waals surface area contributed by atoms with Crippen LogP contribution in [0.3, 0.4) is 0 Å². The van der Waals surface area contributed by atoms with Gasteiger partial charge in [0, 0.05) is 27.5 Å². The van der Waals surface area contributed by atoms with Crippen molar-refractivity contribution in [1.82, 2.24) is 26.7 Å². The van der Waals surface area contributed by atoms with Crippen LogP contribution in [0.5, 0.6) is 0 Å². The number of nitrogens with one attached hydrogen (secondary N) is 3. The molecule has 0 heterocycles. The molecule has 15 heavy (non-hydrogen) atoms. The van der Waals surface area contributed by atoms with Crippen molar-refractivity contribution in [2.45, 2.75) is 0 Å². The van der Waals surface area contributed by atoms with E-state index in [1.165, 1.54) is 10.2 Å². The number of hydrazone groups is 2. The van der Waals surface area contributed by atoms with Gasteiger partial charge in [-0.3, -0.25) is 0 Å². The maximum absolute atomic E-state index is 4.89. The second kappa shape index (κ2) is 6.27. The molecular formula is C6H19N8O+. The van der Waals surface area contributed by atoms with E-state index in [-0.39, 0.29) is 4.92 Å². The van der Waals surface area contributed by atoms with E-state index in [1.54, 1.807) is 28.2 Å². The zero-order chi connectivity index (χ0) is 11.9. The predicted molar refractivity (Wildman–Crippen MR) is 57.2 cm³/mol. The minimum absolute atomic E-state index is 0.242. The Bertz CT molecular complexity index is 195. The SMILES string of the molecule is C=NN(C)[N+](NC)(NONC)N(C)N=C. The molecule has 0 rings (SSSR count). The zero-order valence-corrected chi connectivity index (χ0v) is 9.56. The minimum Gasteiger partial charge on any atom is -0.180 e. The fourth-order valence-corrected chi connectivity index (χ4v) is 0.933. The van der Waals surface area contributed by atoms with Gasteiger partial charge in [0.2, 0.25) is 0 Å². The van der Waals surface area contributed by atoms with Crippen molar-refractivity contribution >= 4 is 13.4 Å². The molecule has 9 heteroatoms. The Labute approximate surface area is 89.3 Å². The van der Waals surface area contributed by atoms with Gasteiger partial charge in [0.15, 0.2) is 0 Å². The summed E-state index contributed by atoms with van der Waals surface area (Å²) < 4.78 is 0. The first kappa shape index (κ1) is 13.7. The van der Waals surface area contributed by atoms with E-state index in [2.05, 4.69) is 40.1 Å². The van der Waals surface area contributed by atoms with Crippen LogP contribution in [0.1, 0.15) is 0 Å². The summed E-state index contributed by atoms with van der Waals surface area (Å²) in [5.41, 5.74) is 8.00. The Kier molecular flexibility index (Phi) is 5.74. The van der Waals surface area contributed by atoms with Gasteiger partial charge in [-0.05, 0) is 0 Å². The van der Waals surface area contributed by atoms with Crippen molar-refractivity contribution in [1.29, 1.82) is 0 Å². The van der Waals surface area contributed by atoms with E-state index in [1.807, 2.05) is 0 Å². The molecule has 0 spiro atoms. The highest BCUT2D eigenvalue weighted by Crippen LogP contribution is 2.06. The van der Waals surface area contributed by atoms with Gasteiger partial charge in [-0.25, -0.2) is 0 Å². The van der Waals surface area contributed by atoms with Gasteiger partial charge in [0.25, 0.3) is 0 Å². The lowest BCUT2D eigenvalue weighted by atomic mass is 11.2. The highest BCUT2D eigenvalue weighted by atomic mass is 16.8. The maximum atomic E-state index is 4.89. The number of nitrogens with zero attached hydrogens (tertiary/aromatic N) is 5. The van der Waals surface area contributed by atoms with E-state index >= 15 is 0 Å². The summed E-state index contributed by atoms with van der Waals surface area (Å²) in [6.07, 6.45) is 0. The van der Waals surface area contributed by atoms with E-state index in [0.717, 1.165) is 0 Å². The number of quaternary nitrogens is 1. The molecule has 0 aromatic heterocycles. The van der Waals surface area contributed by atoms with Crippen LogP contribution in [0.2, 0.25) is 0 Å². The third-order valence-corrected chi connectivity index (χ3v) is 1.83.